The van der Waals surface area contributed by atoms with Crippen molar-refractivity contribution >= 4 is 34.3 Å². The number of imide groups is 1. The van der Waals surface area contributed by atoms with Gasteiger partial charge in [0.25, 0.3) is 0 Å². The number of carbonyl (C=O) groups excluding carboxylic acids is 3. The number of fused-ring (bicyclic) bond motifs is 1. The number of nitrogens with zero attached hydrogens (tertiary/aromatic N) is 4. The maximum Gasteiger partial charge on any atom is 0.319 e. The average molecular weight is 473 g/mol. The van der Waals surface area contributed by atoms with Gasteiger partial charge in [-0.25, -0.2) is 4.79 Å². The number of carbonyl (C=O) groups is 3. The SMILES string of the molecule is Cn1cnnc1-c1ccc(NC(=O)NCc2ccc3c(O)n(C4CCC(=O)NC4=O)cc3c2)cc1. The Hall–Kier alpha value is -4.67. The van der Waals surface area contributed by atoms with Crippen LogP contribution in [-0.4, -0.2) is 42.3 Å². The number of nitrogens with one attached hydrogen (secondary N) is 3. The minimum absolute atomic E-state index is 0.0310. The highest BCUT2D eigenvalue weighted by molar-refractivity contribution is 6.00. The molecule has 0 radical (unpaired) electrons. The minimum Gasteiger partial charge on any atom is -0.494 e. The first-order valence-electron chi connectivity index (χ1n) is 11.0. The Bertz CT molecular complexity index is 1440. The molecule has 35 heavy (non-hydrogen) atoms. The molecule has 1 aliphatic heterocycles. The monoisotopic (exact) mass is 473 g/mol. The fraction of sp³-hybridized carbons (Fsp3) is 0.208. The molecule has 2 aromatic heterocycles. The number of anilines is 1. The van der Waals surface area contributed by atoms with E-state index in [1.54, 1.807) is 36.8 Å². The second-order valence-electron chi connectivity index (χ2n) is 8.40. The molecule has 0 saturated carbocycles. The quantitative estimate of drug-likeness (QED) is 0.328. The molecule has 4 aromatic rings. The van der Waals surface area contributed by atoms with E-state index in [9.17, 15) is 19.5 Å². The van der Waals surface area contributed by atoms with E-state index in [0.717, 1.165) is 22.3 Å². The number of urea groups is 1. The second-order valence-corrected chi connectivity index (χ2v) is 8.40. The highest BCUT2D eigenvalue weighted by Crippen LogP contribution is 2.33. The number of hydrogen-bond donors (Lipinski definition) is 4. The van der Waals surface area contributed by atoms with E-state index in [4.69, 9.17) is 0 Å². The zero-order chi connectivity index (χ0) is 24.5. The minimum atomic E-state index is -0.646. The molecule has 1 saturated heterocycles. The van der Waals surface area contributed by atoms with Crippen molar-refractivity contribution in [3.05, 3.63) is 60.6 Å². The van der Waals surface area contributed by atoms with Crippen LogP contribution in [0.2, 0.25) is 0 Å². The molecular formula is C24H23N7O4. The van der Waals surface area contributed by atoms with Gasteiger partial charge in [-0.2, -0.15) is 0 Å². The van der Waals surface area contributed by atoms with Crippen molar-refractivity contribution < 1.29 is 19.5 Å². The van der Waals surface area contributed by atoms with Crippen molar-refractivity contribution in [2.75, 3.05) is 5.32 Å². The van der Waals surface area contributed by atoms with Crippen molar-refractivity contribution in [1.82, 2.24) is 30.0 Å². The van der Waals surface area contributed by atoms with Gasteiger partial charge >= 0.3 is 6.03 Å². The lowest BCUT2D eigenvalue weighted by atomic mass is 10.1. The molecule has 2 aromatic carbocycles. The lowest BCUT2D eigenvalue weighted by molar-refractivity contribution is -0.135. The number of benzene rings is 2. The number of piperidine rings is 1. The molecule has 1 aliphatic rings. The largest absolute Gasteiger partial charge is 0.494 e. The van der Waals surface area contributed by atoms with E-state index < -0.39 is 11.9 Å². The molecule has 5 rings (SSSR count). The van der Waals surface area contributed by atoms with Crippen LogP contribution < -0.4 is 16.0 Å². The van der Waals surface area contributed by atoms with Gasteiger partial charge in [0.2, 0.25) is 11.8 Å². The Balaban J connectivity index is 1.23. The van der Waals surface area contributed by atoms with Crippen LogP contribution in [0.25, 0.3) is 22.2 Å². The molecule has 1 atom stereocenters. The van der Waals surface area contributed by atoms with Gasteiger partial charge in [0, 0.05) is 48.2 Å². The predicted octanol–water partition coefficient (Wildman–Crippen LogP) is 2.44. The molecule has 0 bridgehead atoms. The average Bonchev–Trinajstić information content (AvgIpc) is 3.41. The summed E-state index contributed by atoms with van der Waals surface area (Å²) in [5, 5.41) is 27.8. The van der Waals surface area contributed by atoms with Gasteiger partial charge in [-0.05, 0) is 48.4 Å². The zero-order valence-electron chi connectivity index (χ0n) is 18.9. The van der Waals surface area contributed by atoms with Gasteiger partial charge in [0.05, 0.1) is 0 Å². The van der Waals surface area contributed by atoms with Gasteiger partial charge < -0.3 is 24.9 Å². The Morgan fingerprint density at radius 2 is 2.00 bits per heavy atom. The number of hydrogen-bond acceptors (Lipinski definition) is 6. The van der Waals surface area contributed by atoms with Crippen LogP contribution in [0.4, 0.5) is 10.5 Å². The third-order valence-electron chi connectivity index (χ3n) is 5.99. The summed E-state index contributed by atoms with van der Waals surface area (Å²) in [5.41, 5.74) is 2.34. The lowest BCUT2D eigenvalue weighted by Gasteiger charge is -2.22. The van der Waals surface area contributed by atoms with Crippen LogP contribution in [0, 0.1) is 0 Å². The standard InChI is InChI=1S/C24H23N7O4/c1-30-13-26-29-21(30)15-3-5-17(6-4-15)27-24(35)25-11-14-2-7-18-16(10-14)12-31(23(18)34)19-8-9-20(32)28-22(19)33/h2-7,10,12-13,19,34H,8-9,11H2,1H3,(H2,25,27,35)(H,28,32,33). The molecular weight excluding hydrogens is 450 g/mol. The Morgan fingerprint density at radius 1 is 1.20 bits per heavy atom. The third-order valence-corrected chi connectivity index (χ3v) is 5.99. The first kappa shape index (κ1) is 22.1. The summed E-state index contributed by atoms with van der Waals surface area (Å²) in [7, 11) is 1.86. The first-order valence-corrected chi connectivity index (χ1v) is 11.0. The van der Waals surface area contributed by atoms with Crippen molar-refractivity contribution in [2.45, 2.75) is 25.4 Å². The molecule has 11 nitrogen and oxygen atoms in total. The Kier molecular flexibility index (Phi) is 5.65. The van der Waals surface area contributed by atoms with E-state index in [-0.39, 0.29) is 30.8 Å². The number of rotatable bonds is 5. The summed E-state index contributed by atoms with van der Waals surface area (Å²) >= 11 is 0. The van der Waals surface area contributed by atoms with E-state index in [0.29, 0.717) is 17.5 Å². The van der Waals surface area contributed by atoms with Crippen LogP contribution in [0.15, 0.2) is 55.0 Å². The fourth-order valence-corrected chi connectivity index (χ4v) is 4.17. The van der Waals surface area contributed by atoms with Gasteiger partial charge in [0.1, 0.15) is 12.4 Å². The summed E-state index contributed by atoms with van der Waals surface area (Å²) in [4.78, 5) is 36.0. The van der Waals surface area contributed by atoms with E-state index >= 15 is 0 Å². The summed E-state index contributed by atoms with van der Waals surface area (Å²) in [6, 6.07) is 11.7. The molecule has 1 fully saturated rings. The molecule has 4 N–H and O–H groups in total. The molecule has 11 heteroatoms. The van der Waals surface area contributed by atoms with Gasteiger partial charge in [-0.3, -0.25) is 14.9 Å². The number of amides is 4. The lowest BCUT2D eigenvalue weighted by Crippen LogP contribution is -2.41. The summed E-state index contributed by atoms with van der Waals surface area (Å²) in [6.45, 7) is 0.267. The van der Waals surface area contributed by atoms with Crippen LogP contribution in [0.5, 0.6) is 5.88 Å². The summed E-state index contributed by atoms with van der Waals surface area (Å²) in [5.74, 6) is -0.0409. The number of aromatic nitrogens is 4. The normalized spacial score (nSPS) is 15.7. The molecule has 0 aliphatic carbocycles. The smallest absolute Gasteiger partial charge is 0.319 e. The molecule has 178 valence electrons. The summed E-state index contributed by atoms with van der Waals surface area (Å²) in [6.07, 6.45) is 3.86. The zero-order valence-corrected chi connectivity index (χ0v) is 18.9. The van der Waals surface area contributed by atoms with Crippen molar-refractivity contribution in [1.29, 1.82) is 0 Å². The van der Waals surface area contributed by atoms with E-state index in [2.05, 4.69) is 26.1 Å². The fourth-order valence-electron chi connectivity index (χ4n) is 4.17. The van der Waals surface area contributed by atoms with E-state index in [1.807, 2.05) is 29.8 Å². The highest BCUT2D eigenvalue weighted by atomic mass is 16.3. The van der Waals surface area contributed by atoms with Crippen molar-refractivity contribution in [3.8, 4) is 17.3 Å². The van der Waals surface area contributed by atoms with Crippen molar-refractivity contribution in [2.24, 2.45) is 7.05 Å². The maximum absolute atomic E-state index is 12.4. The second kappa shape index (κ2) is 8.93. The van der Waals surface area contributed by atoms with Gasteiger partial charge in [-0.15, -0.1) is 10.2 Å². The van der Waals surface area contributed by atoms with Crippen LogP contribution in [-0.2, 0) is 23.2 Å². The van der Waals surface area contributed by atoms with Crippen LogP contribution in [0.3, 0.4) is 0 Å². The molecule has 0 spiro atoms. The maximum atomic E-state index is 12.4. The van der Waals surface area contributed by atoms with Gasteiger partial charge in [-0.1, -0.05) is 6.07 Å². The number of aromatic hydroxyl groups is 1. The van der Waals surface area contributed by atoms with Crippen molar-refractivity contribution in [3.63, 3.8) is 0 Å². The van der Waals surface area contributed by atoms with Crippen LogP contribution >= 0.6 is 0 Å². The molecule has 1 unspecified atom stereocenters. The third kappa shape index (κ3) is 4.43. The number of aryl methyl sites for hydroxylation is 1. The predicted molar refractivity (Wildman–Crippen MR) is 127 cm³/mol. The van der Waals surface area contributed by atoms with Crippen LogP contribution in [0.1, 0.15) is 24.4 Å². The summed E-state index contributed by atoms with van der Waals surface area (Å²) < 4.78 is 3.30. The molecule has 4 amide bonds. The molecule has 3 heterocycles. The highest BCUT2D eigenvalue weighted by Gasteiger charge is 2.30. The van der Waals surface area contributed by atoms with Gasteiger partial charge in [0.15, 0.2) is 11.7 Å². The topological polar surface area (TPSA) is 143 Å². The Labute approximate surface area is 199 Å². The Morgan fingerprint density at radius 3 is 2.71 bits per heavy atom. The first-order chi connectivity index (χ1) is 16.9. The van der Waals surface area contributed by atoms with E-state index in [1.165, 1.54) is 4.57 Å².